The van der Waals surface area contributed by atoms with E-state index in [1.54, 1.807) is 34.1 Å². The van der Waals surface area contributed by atoms with Crippen LogP contribution in [0.1, 0.15) is 305 Å². The van der Waals surface area contributed by atoms with Crippen LogP contribution in [-0.2, 0) is 19.2 Å². The van der Waals surface area contributed by atoms with Gasteiger partial charge in [-0.3, -0.25) is 28.8 Å². The molecule has 2 fully saturated rings. The van der Waals surface area contributed by atoms with Crippen molar-refractivity contribution in [1.82, 2.24) is 31.1 Å². The van der Waals surface area contributed by atoms with Crippen LogP contribution in [-0.4, -0.2) is 97.6 Å². The molecule has 0 spiro atoms. The molecule has 0 unspecified atom stereocenters. The Morgan fingerprint density at radius 2 is 0.450 bits per heavy atom. The van der Waals surface area contributed by atoms with E-state index >= 15 is 0 Å². The van der Waals surface area contributed by atoms with Crippen LogP contribution >= 0.6 is 0 Å². The second kappa shape index (κ2) is 46.5. The van der Waals surface area contributed by atoms with Gasteiger partial charge in [0.15, 0.2) is 0 Å². The summed E-state index contributed by atoms with van der Waals surface area (Å²) in [5.41, 5.74) is 0.736. The van der Waals surface area contributed by atoms with Gasteiger partial charge < -0.3 is 31.1 Å². The first kappa shape index (κ1) is 70.3. The summed E-state index contributed by atoms with van der Waals surface area (Å²) >= 11 is 0. The monoisotopic (exact) mass is 1120 g/mol. The molecule has 0 aromatic heterocycles. The summed E-state index contributed by atoms with van der Waals surface area (Å²) in [5.74, 6) is -3.95. The highest BCUT2D eigenvalue weighted by Crippen LogP contribution is 2.29. The summed E-state index contributed by atoms with van der Waals surface area (Å²) in [7, 11) is 0. The lowest BCUT2D eigenvalue weighted by Gasteiger charge is -2.18. The van der Waals surface area contributed by atoms with Crippen molar-refractivity contribution in [2.24, 2.45) is 23.7 Å². The van der Waals surface area contributed by atoms with Crippen LogP contribution in [0.15, 0.2) is 24.3 Å². The minimum Gasteiger partial charge on any atom is -0.356 e. The maximum atomic E-state index is 14.2. The van der Waals surface area contributed by atoms with Crippen LogP contribution in [0.4, 0.5) is 0 Å². The Balaban J connectivity index is 1.60. The first-order chi connectivity index (χ1) is 39.2. The predicted molar refractivity (Wildman–Crippen MR) is 332 cm³/mol. The molecule has 0 saturated carbocycles. The van der Waals surface area contributed by atoms with Crippen molar-refractivity contribution < 1.29 is 28.8 Å². The average Bonchev–Trinajstić information content (AvgIpc) is 4.15. The van der Waals surface area contributed by atoms with Gasteiger partial charge in [-0.2, -0.15) is 0 Å². The zero-order chi connectivity index (χ0) is 57.7. The number of rotatable bonds is 50. The van der Waals surface area contributed by atoms with E-state index in [2.05, 4.69) is 49.0 Å². The molecule has 80 heavy (non-hydrogen) atoms. The standard InChI is InChI=1S/C68H120N6O6/c1-5-9-13-17-21-25-29-33-37-41-49-69-63(75)59-53-73(54-60(59)64(76)70-50-42-38-34-30-26-22-18-14-10-6-2)67(79)57-45-47-58(48-46-57)68(80)74-55-61(65(77)71-51-43-39-35-31-27-23-19-15-11-7-3)62(56-74)66(78)72-52-44-40-36-32-28-24-20-16-12-8-4/h45-48,59-62H,5-44,49-56H2,1-4H3,(H,69,75)(H,70,76)(H,71,77)(H,72,78)/t59-,60-,61-,62-/m1/s1. The summed E-state index contributed by atoms with van der Waals surface area (Å²) in [4.78, 5) is 86.9. The topological polar surface area (TPSA) is 157 Å². The van der Waals surface area contributed by atoms with Crippen molar-refractivity contribution in [1.29, 1.82) is 0 Å². The normalized spacial score (nSPS) is 17.0. The highest BCUT2D eigenvalue weighted by atomic mass is 16.2. The second-order valence-corrected chi connectivity index (χ2v) is 24.3. The lowest BCUT2D eigenvalue weighted by atomic mass is 9.94. The number of hydrogen-bond donors (Lipinski definition) is 4. The molecular weight excluding hydrogens is 997 g/mol. The molecule has 6 amide bonds. The minimum atomic E-state index is -0.661. The summed E-state index contributed by atoms with van der Waals surface area (Å²) in [6.07, 6.45) is 48.2. The Hall–Kier alpha value is -3.96. The third-order valence-corrected chi connectivity index (χ3v) is 17.3. The van der Waals surface area contributed by atoms with E-state index in [-0.39, 0.29) is 61.6 Å². The van der Waals surface area contributed by atoms with Gasteiger partial charge in [0.25, 0.3) is 11.8 Å². The molecule has 0 bridgehead atoms. The first-order valence-corrected chi connectivity index (χ1v) is 34.0. The average molecular weight is 1120 g/mol. The van der Waals surface area contributed by atoms with Crippen molar-refractivity contribution in [2.75, 3.05) is 52.4 Å². The van der Waals surface area contributed by atoms with Gasteiger partial charge in [-0.25, -0.2) is 0 Å². The van der Waals surface area contributed by atoms with E-state index in [0.717, 1.165) is 77.0 Å². The van der Waals surface area contributed by atoms with Crippen molar-refractivity contribution in [3.05, 3.63) is 35.4 Å². The minimum absolute atomic E-state index is 0.138. The van der Waals surface area contributed by atoms with E-state index in [1.807, 2.05) is 0 Å². The number of nitrogens with zero attached hydrogens (tertiary/aromatic N) is 2. The van der Waals surface area contributed by atoms with Crippen LogP contribution in [0.5, 0.6) is 0 Å². The number of hydrogen-bond acceptors (Lipinski definition) is 6. The Morgan fingerprint density at radius 1 is 0.287 bits per heavy atom. The molecule has 12 nitrogen and oxygen atoms in total. The van der Waals surface area contributed by atoms with E-state index in [9.17, 15) is 28.8 Å². The molecule has 0 radical (unpaired) electrons. The number of benzene rings is 1. The van der Waals surface area contributed by atoms with Gasteiger partial charge in [-0.1, -0.05) is 259 Å². The molecule has 12 heteroatoms. The molecule has 3 rings (SSSR count). The summed E-state index contributed by atoms with van der Waals surface area (Å²) in [6.45, 7) is 11.7. The molecule has 2 aliphatic heterocycles. The quantitative estimate of drug-likeness (QED) is 0.0476. The summed E-state index contributed by atoms with van der Waals surface area (Å²) < 4.78 is 0. The Kier molecular flexibility index (Phi) is 40.9. The number of amides is 6. The predicted octanol–water partition coefficient (Wildman–Crippen LogP) is 15.2. The Morgan fingerprint density at radius 3 is 0.625 bits per heavy atom. The van der Waals surface area contributed by atoms with Crippen LogP contribution in [0.2, 0.25) is 0 Å². The Bertz CT molecular complexity index is 1570. The third kappa shape index (κ3) is 30.4. The van der Waals surface area contributed by atoms with Gasteiger partial charge >= 0.3 is 0 Å². The van der Waals surface area contributed by atoms with Crippen molar-refractivity contribution in [3.63, 3.8) is 0 Å². The maximum Gasteiger partial charge on any atom is 0.253 e. The van der Waals surface area contributed by atoms with E-state index in [4.69, 9.17) is 0 Å². The van der Waals surface area contributed by atoms with Crippen molar-refractivity contribution >= 4 is 35.4 Å². The van der Waals surface area contributed by atoms with Crippen LogP contribution in [0.3, 0.4) is 0 Å². The van der Waals surface area contributed by atoms with Crippen molar-refractivity contribution in [3.8, 4) is 0 Å². The molecule has 2 saturated heterocycles. The fraction of sp³-hybridized carbons (Fsp3) is 0.824. The molecule has 458 valence electrons. The highest BCUT2D eigenvalue weighted by Gasteiger charge is 2.45. The van der Waals surface area contributed by atoms with Gasteiger partial charge in [-0.15, -0.1) is 0 Å². The van der Waals surface area contributed by atoms with E-state index in [1.165, 1.54) is 180 Å². The van der Waals surface area contributed by atoms with Gasteiger partial charge in [0.2, 0.25) is 23.6 Å². The maximum absolute atomic E-state index is 14.2. The first-order valence-electron chi connectivity index (χ1n) is 34.0. The lowest BCUT2D eigenvalue weighted by Crippen LogP contribution is -2.42. The van der Waals surface area contributed by atoms with E-state index < -0.39 is 23.7 Å². The van der Waals surface area contributed by atoms with E-state index in [0.29, 0.717) is 37.3 Å². The van der Waals surface area contributed by atoms with Crippen LogP contribution < -0.4 is 21.3 Å². The molecular formula is C68H120N6O6. The third-order valence-electron chi connectivity index (χ3n) is 17.3. The largest absolute Gasteiger partial charge is 0.356 e. The zero-order valence-corrected chi connectivity index (χ0v) is 51.9. The number of unbranched alkanes of at least 4 members (excludes halogenated alkanes) is 36. The van der Waals surface area contributed by atoms with Gasteiger partial charge in [0.1, 0.15) is 0 Å². The Labute approximate surface area is 489 Å². The smallest absolute Gasteiger partial charge is 0.253 e. The number of likely N-dealkylation sites (tertiary alicyclic amines) is 2. The highest BCUT2D eigenvalue weighted by molar-refractivity contribution is 6.00. The molecule has 1 aromatic carbocycles. The van der Waals surface area contributed by atoms with Gasteiger partial charge in [-0.05, 0) is 49.9 Å². The second-order valence-electron chi connectivity index (χ2n) is 24.3. The lowest BCUT2D eigenvalue weighted by molar-refractivity contribution is -0.132. The molecule has 1 aromatic rings. The fourth-order valence-electron chi connectivity index (χ4n) is 11.9. The molecule has 2 heterocycles. The van der Waals surface area contributed by atoms with Gasteiger partial charge in [0, 0.05) is 63.5 Å². The summed E-state index contributed by atoms with van der Waals surface area (Å²) in [6, 6.07) is 6.55. The van der Waals surface area contributed by atoms with Crippen LogP contribution in [0, 0.1) is 23.7 Å². The number of carbonyl (C=O) groups is 6. The molecule has 0 aliphatic carbocycles. The number of nitrogens with one attached hydrogen (secondary N) is 4. The molecule has 4 N–H and O–H groups in total. The summed E-state index contributed by atoms with van der Waals surface area (Å²) in [5, 5.41) is 12.5. The fourth-order valence-corrected chi connectivity index (χ4v) is 11.9. The SMILES string of the molecule is CCCCCCCCCCCCNC(=O)[C@@H]1CN(C(=O)c2ccc(C(=O)N3C[C@@H](C(=O)NCCCCCCCCCCCC)[C@H](C(=O)NCCCCCCCCCCCC)C3)cc2)C[C@H]1C(=O)NCCCCCCCCCCCC. The van der Waals surface area contributed by atoms with Crippen molar-refractivity contribution in [2.45, 2.75) is 285 Å². The zero-order valence-electron chi connectivity index (χ0n) is 51.9. The molecule has 2 aliphatic rings. The molecule has 4 atom stereocenters. The van der Waals surface area contributed by atoms with Crippen LogP contribution in [0.25, 0.3) is 0 Å². The number of carbonyl (C=O) groups excluding carboxylic acids is 6. The van der Waals surface area contributed by atoms with Gasteiger partial charge in [0.05, 0.1) is 23.7 Å².